The molecule has 0 N–H and O–H groups in total. The molecule has 148 valence electrons. The number of hydrogen-bond donors (Lipinski definition) is 0. The van der Waals surface area contributed by atoms with E-state index >= 15 is 0 Å². The Bertz CT molecular complexity index is 736. The van der Waals surface area contributed by atoms with Crippen LogP contribution in [0.2, 0.25) is 10.0 Å². The van der Waals surface area contributed by atoms with E-state index in [9.17, 15) is 0 Å². The molecule has 1 saturated heterocycles. The quantitative estimate of drug-likeness (QED) is 0.619. The topological polar surface area (TPSA) is 15.7 Å². The molecule has 0 amide bonds. The fraction of sp³-hybridized carbons (Fsp3) is 0.391. The Morgan fingerprint density at radius 2 is 1.36 bits per heavy atom. The molecule has 0 radical (unpaired) electrons. The SMILES string of the molecule is Clc1ccc(CN2CCCN(Cc3ccc(Cl)cc3)C2[C@@H]2CCC=CO2)cc1. The van der Waals surface area contributed by atoms with Crippen LogP contribution in [-0.4, -0.2) is 35.2 Å². The number of ether oxygens (including phenoxy) is 1. The van der Waals surface area contributed by atoms with E-state index in [4.69, 9.17) is 27.9 Å². The van der Waals surface area contributed by atoms with Crippen molar-refractivity contribution in [1.82, 2.24) is 9.80 Å². The zero-order valence-electron chi connectivity index (χ0n) is 15.9. The molecular formula is C23H26Cl2N2O. The minimum atomic E-state index is 0.185. The lowest BCUT2D eigenvalue weighted by atomic mass is 10.0. The second-order valence-corrected chi connectivity index (χ2v) is 8.46. The van der Waals surface area contributed by atoms with Crippen LogP contribution in [0, 0.1) is 0 Å². The minimum Gasteiger partial charge on any atom is -0.495 e. The first-order valence-corrected chi connectivity index (χ1v) is 10.7. The molecule has 28 heavy (non-hydrogen) atoms. The Labute approximate surface area is 177 Å². The normalized spacial score (nSPS) is 21.6. The summed E-state index contributed by atoms with van der Waals surface area (Å²) >= 11 is 12.1. The molecule has 0 aromatic heterocycles. The van der Waals surface area contributed by atoms with Crippen molar-refractivity contribution in [3.05, 3.63) is 82.0 Å². The van der Waals surface area contributed by atoms with Gasteiger partial charge in [0.15, 0.2) is 0 Å². The van der Waals surface area contributed by atoms with E-state index in [0.717, 1.165) is 55.5 Å². The number of nitrogens with zero attached hydrogens (tertiary/aromatic N) is 2. The van der Waals surface area contributed by atoms with E-state index in [-0.39, 0.29) is 12.3 Å². The van der Waals surface area contributed by atoms with Crippen molar-refractivity contribution >= 4 is 23.2 Å². The number of benzene rings is 2. The average Bonchev–Trinajstić information content (AvgIpc) is 2.72. The zero-order valence-corrected chi connectivity index (χ0v) is 17.4. The lowest BCUT2D eigenvalue weighted by molar-refractivity contribution is -0.0890. The Morgan fingerprint density at radius 3 is 1.82 bits per heavy atom. The van der Waals surface area contributed by atoms with E-state index in [1.54, 1.807) is 0 Å². The first kappa shape index (κ1) is 19.8. The maximum Gasteiger partial charge on any atom is 0.127 e. The predicted molar refractivity (Wildman–Crippen MR) is 115 cm³/mol. The molecule has 2 aromatic carbocycles. The highest BCUT2D eigenvalue weighted by molar-refractivity contribution is 6.30. The first-order valence-electron chi connectivity index (χ1n) is 9.96. The van der Waals surface area contributed by atoms with Gasteiger partial charge in [0.25, 0.3) is 0 Å². The highest BCUT2D eigenvalue weighted by Gasteiger charge is 2.36. The van der Waals surface area contributed by atoms with Crippen LogP contribution in [0.3, 0.4) is 0 Å². The summed E-state index contributed by atoms with van der Waals surface area (Å²) in [5, 5.41) is 1.56. The van der Waals surface area contributed by atoms with Gasteiger partial charge in [0.2, 0.25) is 0 Å². The number of rotatable bonds is 5. The molecule has 4 rings (SSSR count). The van der Waals surface area contributed by atoms with Crippen molar-refractivity contribution in [2.45, 2.75) is 44.6 Å². The largest absolute Gasteiger partial charge is 0.495 e. The van der Waals surface area contributed by atoms with Crippen LogP contribution in [0.15, 0.2) is 60.9 Å². The standard InChI is InChI=1S/C23H26Cl2N2O/c24-20-9-5-18(6-10-20)16-26-13-3-14-27(17-19-7-11-21(25)12-8-19)23(26)22-4-1-2-15-28-22/h2,5-12,15,22-23H,1,3-4,13-14,16-17H2/t22-/m0/s1. The van der Waals surface area contributed by atoms with Gasteiger partial charge in [0.05, 0.1) is 6.26 Å². The van der Waals surface area contributed by atoms with Crippen LogP contribution in [0.5, 0.6) is 0 Å². The van der Waals surface area contributed by atoms with Crippen molar-refractivity contribution < 1.29 is 4.74 Å². The average molecular weight is 417 g/mol. The molecule has 0 aliphatic carbocycles. The third-order valence-electron chi connectivity index (χ3n) is 5.54. The van der Waals surface area contributed by atoms with Gasteiger partial charge in [-0.1, -0.05) is 47.5 Å². The van der Waals surface area contributed by atoms with E-state index < -0.39 is 0 Å². The summed E-state index contributed by atoms with van der Waals surface area (Å²) in [5.41, 5.74) is 2.57. The van der Waals surface area contributed by atoms with E-state index in [1.165, 1.54) is 11.1 Å². The summed E-state index contributed by atoms with van der Waals surface area (Å²) in [6.45, 7) is 3.97. The summed E-state index contributed by atoms with van der Waals surface area (Å²) in [7, 11) is 0. The Balaban J connectivity index is 1.55. The van der Waals surface area contributed by atoms with Crippen molar-refractivity contribution in [2.75, 3.05) is 13.1 Å². The number of halogens is 2. The lowest BCUT2D eigenvalue weighted by Gasteiger charge is -2.47. The van der Waals surface area contributed by atoms with Crippen LogP contribution < -0.4 is 0 Å². The van der Waals surface area contributed by atoms with Crippen LogP contribution in [-0.2, 0) is 17.8 Å². The summed E-state index contributed by atoms with van der Waals surface area (Å²) < 4.78 is 6.09. The Morgan fingerprint density at radius 1 is 0.821 bits per heavy atom. The highest BCUT2D eigenvalue weighted by Crippen LogP contribution is 2.28. The molecular weight excluding hydrogens is 391 g/mol. The molecule has 1 fully saturated rings. The van der Waals surface area contributed by atoms with Gasteiger partial charge in [0, 0.05) is 36.2 Å². The predicted octanol–water partition coefficient (Wildman–Crippen LogP) is 5.72. The monoisotopic (exact) mass is 416 g/mol. The minimum absolute atomic E-state index is 0.185. The molecule has 2 aliphatic heterocycles. The van der Waals surface area contributed by atoms with Crippen molar-refractivity contribution in [3.63, 3.8) is 0 Å². The van der Waals surface area contributed by atoms with Gasteiger partial charge in [-0.3, -0.25) is 9.80 Å². The molecule has 2 aliphatic rings. The Hall–Kier alpha value is -1.52. The molecule has 2 heterocycles. The van der Waals surface area contributed by atoms with Crippen LogP contribution >= 0.6 is 23.2 Å². The van der Waals surface area contributed by atoms with Crippen LogP contribution in [0.4, 0.5) is 0 Å². The second-order valence-electron chi connectivity index (χ2n) is 7.58. The van der Waals surface area contributed by atoms with E-state index in [1.807, 2.05) is 30.5 Å². The lowest BCUT2D eigenvalue weighted by Crippen LogP contribution is -2.58. The smallest absolute Gasteiger partial charge is 0.127 e. The van der Waals surface area contributed by atoms with Gasteiger partial charge in [-0.25, -0.2) is 0 Å². The Kier molecular flexibility index (Phi) is 6.58. The number of hydrogen-bond acceptors (Lipinski definition) is 3. The molecule has 1 atom stereocenters. The zero-order chi connectivity index (χ0) is 19.3. The van der Waals surface area contributed by atoms with Gasteiger partial charge in [0.1, 0.15) is 12.3 Å². The van der Waals surface area contributed by atoms with Crippen molar-refractivity contribution in [2.24, 2.45) is 0 Å². The summed E-state index contributed by atoms with van der Waals surface area (Å²) in [6, 6.07) is 16.4. The molecule has 0 unspecified atom stereocenters. The summed E-state index contributed by atoms with van der Waals surface area (Å²) in [4.78, 5) is 5.12. The molecule has 0 spiro atoms. The van der Waals surface area contributed by atoms with Gasteiger partial charge in [-0.2, -0.15) is 0 Å². The maximum absolute atomic E-state index is 6.09. The van der Waals surface area contributed by atoms with Gasteiger partial charge >= 0.3 is 0 Å². The molecule has 5 heteroatoms. The van der Waals surface area contributed by atoms with Crippen molar-refractivity contribution in [1.29, 1.82) is 0 Å². The molecule has 0 bridgehead atoms. The molecule has 2 aromatic rings. The van der Waals surface area contributed by atoms with Gasteiger partial charge in [-0.05, 0) is 60.7 Å². The molecule has 3 nitrogen and oxygen atoms in total. The van der Waals surface area contributed by atoms with E-state index in [2.05, 4.69) is 40.1 Å². The van der Waals surface area contributed by atoms with Gasteiger partial charge < -0.3 is 4.74 Å². The van der Waals surface area contributed by atoms with Crippen molar-refractivity contribution in [3.8, 4) is 0 Å². The number of allylic oxidation sites excluding steroid dienone is 1. The van der Waals surface area contributed by atoms with E-state index in [0.29, 0.717) is 0 Å². The highest BCUT2D eigenvalue weighted by atomic mass is 35.5. The van der Waals surface area contributed by atoms with Crippen LogP contribution in [0.25, 0.3) is 0 Å². The molecule has 0 saturated carbocycles. The third-order valence-corrected chi connectivity index (χ3v) is 6.04. The van der Waals surface area contributed by atoms with Crippen LogP contribution in [0.1, 0.15) is 30.4 Å². The maximum atomic E-state index is 6.09. The third kappa shape index (κ3) is 4.90. The fourth-order valence-electron chi connectivity index (χ4n) is 4.21. The second kappa shape index (κ2) is 9.32. The van der Waals surface area contributed by atoms with Gasteiger partial charge in [-0.15, -0.1) is 0 Å². The fourth-order valence-corrected chi connectivity index (χ4v) is 4.46. The summed E-state index contributed by atoms with van der Waals surface area (Å²) in [5.74, 6) is 0. The first-order chi connectivity index (χ1) is 13.7. The summed E-state index contributed by atoms with van der Waals surface area (Å²) in [6.07, 6.45) is 7.71.